The number of hydrogen-bond acceptors (Lipinski definition) is 4. The summed E-state index contributed by atoms with van der Waals surface area (Å²) in [7, 11) is 0. The zero-order valence-electron chi connectivity index (χ0n) is 15.1. The zero-order valence-corrected chi connectivity index (χ0v) is 15.9. The molecule has 0 radical (unpaired) electrons. The highest BCUT2D eigenvalue weighted by atomic mass is 32.2. The van der Waals surface area contributed by atoms with E-state index >= 15 is 0 Å². The van der Waals surface area contributed by atoms with Crippen LogP contribution in [0.25, 0.3) is 0 Å². The molecule has 0 aliphatic carbocycles. The lowest BCUT2D eigenvalue weighted by Crippen LogP contribution is -2.39. The van der Waals surface area contributed by atoms with Gasteiger partial charge < -0.3 is 4.74 Å². The van der Waals surface area contributed by atoms with E-state index in [4.69, 9.17) is 4.99 Å². The molecule has 0 atom stereocenters. The number of nitrogens with zero attached hydrogens (tertiary/aromatic N) is 2. The van der Waals surface area contributed by atoms with E-state index in [1.807, 2.05) is 32.0 Å². The fraction of sp³-hybridized carbons (Fsp3) is 0.300. The molecule has 0 unspecified atom stereocenters. The third kappa shape index (κ3) is 4.86. The Morgan fingerprint density at radius 2 is 2.04 bits per heavy atom. The molecule has 27 heavy (non-hydrogen) atoms. The van der Waals surface area contributed by atoms with Gasteiger partial charge in [-0.15, -0.1) is 0 Å². The van der Waals surface area contributed by atoms with Gasteiger partial charge in [-0.25, -0.2) is 4.99 Å². The van der Waals surface area contributed by atoms with Gasteiger partial charge in [0.1, 0.15) is 5.75 Å². The normalized spacial score (nSPS) is 16.0. The minimum absolute atomic E-state index is 0.0338. The lowest BCUT2D eigenvalue weighted by Gasteiger charge is -2.28. The maximum Gasteiger partial charge on any atom is 0.387 e. The van der Waals surface area contributed by atoms with E-state index in [0.717, 1.165) is 29.0 Å². The molecule has 2 aromatic carbocycles. The summed E-state index contributed by atoms with van der Waals surface area (Å²) in [5.41, 5.74) is 3.24. The summed E-state index contributed by atoms with van der Waals surface area (Å²) in [6.45, 7) is 1.58. The third-order valence-corrected chi connectivity index (χ3v) is 5.18. The summed E-state index contributed by atoms with van der Waals surface area (Å²) < 4.78 is 29.3. The van der Waals surface area contributed by atoms with Crippen LogP contribution in [0.5, 0.6) is 5.75 Å². The Labute approximate surface area is 161 Å². The van der Waals surface area contributed by atoms with Gasteiger partial charge in [-0.3, -0.25) is 9.69 Å². The van der Waals surface area contributed by atoms with E-state index in [9.17, 15) is 13.6 Å². The van der Waals surface area contributed by atoms with Crippen LogP contribution in [0.15, 0.2) is 47.5 Å². The van der Waals surface area contributed by atoms with Crippen LogP contribution < -0.4 is 4.74 Å². The van der Waals surface area contributed by atoms with Gasteiger partial charge >= 0.3 is 6.61 Å². The third-order valence-electron chi connectivity index (χ3n) is 4.12. The zero-order chi connectivity index (χ0) is 19.4. The molecule has 0 N–H and O–H groups in total. The molecule has 0 saturated carbocycles. The largest absolute Gasteiger partial charge is 0.435 e. The molecular weight excluding hydrogens is 370 g/mol. The second-order valence-corrected chi connectivity index (χ2v) is 7.31. The van der Waals surface area contributed by atoms with Gasteiger partial charge in [-0.1, -0.05) is 30.0 Å². The molecule has 1 saturated heterocycles. The maximum atomic E-state index is 13.0. The van der Waals surface area contributed by atoms with E-state index in [2.05, 4.69) is 4.74 Å². The molecule has 4 nitrogen and oxygen atoms in total. The van der Waals surface area contributed by atoms with Crippen molar-refractivity contribution in [3.63, 3.8) is 0 Å². The predicted octanol–water partition coefficient (Wildman–Crippen LogP) is 5.17. The standard InChI is InChI=1S/C20H20F2N2O2S/c1-13-7-8-14(2)17(11-13)23-20-24(9-4-10-27-20)18(25)15-5-3-6-16(12-15)26-19(21)22/h3,5-8,11-12,19H,4,9-10H2,1-2H3. The fourth-order valence-corrected chi connectivity index (χ4v) is 3.69. The van der Waals surface area contributed by atoms with Crippen LogP contribution in [0, 0.1) is 13.8 Å². The molecule has 7 heteroatoms. The number of amides is 1. The van der Waals surface area contributed by atoms with Crippen LogP contribution in [-0.4, -0.2) is 34.9 Å². The Morgan fingerprint density at radius 3 is 2.81 bits per heavy atom. The summed E-state index contributed by atoms with van der Waals surface area (Å²) in [5, 5.41) is 0.625. The molecule has 1 heterocycles. The number of carbonyl (C=O) groups is 1. The lowest BCUT2D eigenvalue weighted by molar-refractivity contribution is -0.0498. The molecule has 1 fully saturated rings. The number of ether oxygens (including phenoxy) is 1. The molecule has 142 valence electrons. The van der Waals surface area contributed by atoms with E-state index in [1.165, 1.54) is 30.0 Å². The first-order valence-electron chi connectivity index (χ1n) is 8.59. The number of benzene rings is 2. The Balaban J connectivity index is 1.90. The molecular formula is C20H20F2N2O2S. The first kappa shape index (κ1) is 19.4. The van der Waals surface area contributed by atoms with Crippen molar-refractivity contribution in [1.82, 2.24) is 4.90 Å². The van der Waals surface area contributed by atoms with Gasteiger partial charge in [0.05, 0.1) is 5.69 Å². The van der Waals surface area contributed by atoms with Crippen LogP contribution >= 0.6 is 11.8 Å². The first-order chi connectivity index (χ1) is 12.9. The number of carbonyl (C=O) groups excluding carboxylic acids is 1. The number of thioether (sulfide) groups is 1. The van der Waals surface area contributed by atoms with E-state index < -0.39 is 6.61 Å². The molecule has 1 amide bonds. The van der Waals surface area contributed by atoms with Crippen molar-refractivity contribution in [2.75, 3.05) is 12.3 Å². The number of hydrogen-bond donors (Lipinski definition) is 0. The number of aliphatic imine (C=N–C) groups is 1. The summed E-state index contributed by atoms with van der Waals surface area (Å²) in [6, 6.07) is 11.9. The number of amidine groups is 1. The van der Waals surface area contributed by atoms with Gasteiger partial charge in [0.15, 0.2) is 5.17 Å². The van der Waals surface area contributed by atoms with Gasteiger partial charge in [-0.05, 0) is 55.7 Å². The summed E-state index contributed by atoms with van der Waals surface area (Å²) in [5.74, 6) is 0.571. The van der Waals surface area contributed by atoms with Crippen molar-refractivity contribution < 1.29 is 18.3 Å². The lowest BCUT2D eigenvalue weighted by atomic mass is 10.1. The molecule has 0 spiro atoms. The van der Waals surface area contributed by atoms with Crippen molar-refractivity contribution >= 4 is 28.5 Å². The van der Waals surface area contributed by atoms with Gasteiger partial charge in [0, 0.05) is 17.9 Å². The number of rotatable bonds is 4. The number of alkyl halides is 2. The van der Waals surface area contributed by atoms with Crippen LogP contribution in [0.4, 0.5) is 14.5 Å². The van der Waals surface area contributed by atoms with Gasteiger partial charge in [0.25, 0.3) is 5.91 Å². The average molecular weight is 390 g/mol. The van der Waals surface area contributed by atoms with Crippen molar-refractivity contribution in [2.24, 2.45) is 4.99 Å². The number of halogens is 2. The van der Waals surface area contributed by atoms with Crippen molar-refractivity contribution in [2.45, 2.75) is 26.9 Å². The Hall–Kier alpha value is -2.41. The molecule has 0 bridgehead atoms. The van der Waals surface area contributed by atoms with E-state index in [1.54, 1.807) is 11.0 Å². The monoisotopic (exact) mass is 390 g/mol. The van der Waals surface area contributed by atoms with E-state index in [-0.39, 0.29) is 11.7 Å². The smallest absolute Gasteiger partial charge is 0.387 e. The topological polar surface area (TPSA) is 41.9 Å². The Bertz CT molecular complexity index is 871. The predicted molar refractivity (Wildman–Crippen MR) is 104 cm³/mol. The Morgan fingerprint density at radius 1 is 1.22 bits per heavy atom. The number of aryl methyl sites for hydroxylation is 2. The maximum absolute atomic E-state index is 13.0. The second kappa shape index (κ2) is 8.52. The quantitative estimate of drug-likeness (QED) is 0.723. The highest BCUT2D eigenvalue weighted by molar-refractivity contribution is 8.13. The van der Waals surface area contributed by atoms with Gasteiger partial charge in [-0.2, -0.15) is 8.78 Å². The highest BCUT2D eigenvalue weighted by Crippen LogP contribution is 2.27. The molecule has 2 aromatic rings. The second-order valence-electron chi connectivity index (χ2n) is 6.25. The minimum atomic E-state index is -2.93. The summed E-state index contributed by atoms with van der Waals surface area (Å²) >= 11 is 1.52. The van der Waals surface area contributed by atoms with Crippen LogP contribution in [-0.2, 0) is 0 Å². The highest BCUT2D eigenvalue weighted by Gasteiger charge is 2.25. The fourth-order valence-electron chi connectivity index (χ4n) is 2.74. The van der Waals surface area contributed by atoms with Crippen molar-refractivity contribution in [3.05, 3.63) is 59.2 Å². The molecule has 3 rings (SSSR count). The minimum Gasteiger partial charge on any atom is -0.435 e. The van der Waals surface area contributed by atoms with E-state index in [0.29, 0.717) is 17.3 Å². The first-order valence-corrected chi connectivity index (χ1v) is 9.58. The molecule has 1 aliphatic heterocycles. The van der Waals surface area contributed by atoms with Crippen LogP contribution in [0.3, 0.4) is 0 Å². The van der Waals surface area contributed by atoms with Gasteiger partial charge in [0.2, 0.25) is 0 Å². The average Bonchev–Trinajstić information content (AvgIpc) is 2.64. The summed E-state index contributed by atoms with van der Waals surface area (Å²) in [4.78, 5) is 19.3. The van der Waals surface area contributed by atoms with Crippen LogP contribution in [0.1, 0.15) is 27.9 Å². The summed E-state index contributed by atoms with van der Waals surface area (Å²) in [6.07, 6.45) is 0.843. The molecule has 1 aliphatic rings. The molecule has 0 aromatic heterocycles. The SMILES string of the molecule is Cc1ccc(C)c(N=C2SCCCN2C(=O)c2cccc(OC(F)F)c2)c1. The van der Waals surface area contributed by atoms with Crippen molar-refractivity contribution in [3.8, 4) is 5.75 Å². The van der Waals surface area contributed by atoms with Crippen molar-refractivity contribution in [1.29, 1.82) is 0 Å². The van der Waals surface area contributed by atoms with Crippen LogP contribution in [0.2, 0.25) is 0 Å². The Kier molecular flexibility index (Phi) is 6.11.